The van der Waals surface area contributed by atoms with Crippen molar-refractivity contribution in [1.29, 1.82) is 0 Å². The molecular formula is C47H82O18. The third-order valence-electron chi connectivity index (χ3n) is 18.6. The molecule has 3 saturated heterocycles. The van der Waals surface area contributed by atoms with Crippen LogP contribution in [0.5, 0.6) is 0 Å². The van der Waals surface area contributed by atoms with Crippen LogP contribution in [0.25, 0.3) is 0 Å². The molecule has 378 valence electrons. The van der Waals surface area contributed by atoms with Crippen molar-refractivity contribution in [1.82, 2.24) is 0 Å². The van der Waals surface area contributed by atoms with Crippen molar-refractivity contribution in [2.75, 3.05) is 19.8 Å². The summed E-state index contributed by atoms with van der Waals surface area (Å²) in [6.07, 6.45) is -16.6. The maximum atomic E-state index is 12.3. The lowest BCUT2D eigenvalue weighted by atomic mass is 9.35. The number of hydrogen-bond donors (Lipinski definition) is 12. The number of ether oxygens (including phenoxy) is 6. The zero-order valence-electron chi connectivity index (χ0n) is 39.6. The quantitative estimate of drug-likeness (QED) is 0.107. The van der Waals surface area contributed by atoms with Crippen molar-refractivity contribution in [3.05, 3.63) is 0 Å². The van der Waals surface area contributed by atoms with Crippen LogP contribution in [-0.2, 0) is 28.4 Å². The summed E-state index contributed by atoms with van der Waals surface area (Å²) >= 11 is 0. The van der Waals surface area contributed by atoms with E-state index < -0.39 is 135 Å². The third-order valence-corrected chi connectivity index (χ3v) is 18.6. The smallest absolute Gasteiger partial charge is 0.187 e. The van der Waals surface area contributed by atoms with Crippen molar-refractivity contribution >= 4 is 0 Å². The molecule has 0 amide bonds. The lowest BCUT2D eigenvalue weighted by Gasteiger charge is -2.70. The molecule has 7 rings (SSSR count). The Balaban J connectivity index is 1.11. The highest BCUT2D eigenvalue weighted by Crippen LogP contribution is 2.76. The Labute approximate surface area is 383 Å². The Morgan fingerprint density at radius 1 is 0.585 bits per heavy atom. The molecule has 4 saturated carbocycles. The highest BCUT2D eigenvalue weighted by Gasteiger charge is 2.71. The van der Waals surface area contributed by atoms with Crippen LogP contribution in [0.3, 0.4) is 0 Å². The minimum Gasteiger partial charge on any atom is -0.394 e. The van der Waals surface area contributed by atoms with E-state index in [4.69, 9.17) is 28.4 Å². The van der Waals surface area contributed by atoms with E-state index in [1.165, 1.54) is 0 Å². The van der Waals surface area contributed by atoms with Crippen LogP contribution in [0.2, 0.25) is 0 Å². The van der Waals surface area contributed by atoms with Gasteiger partial charge in [-0.25, -0.2) is 0 Å². The molecule has 0 radical (unpaired) electrons. The summed E-state index contributed by atoms with van der Waals surface area (Å²) in [7, 11) is 0. The van der Waals surface area contributed by atoms with Gasteiger partial charge < -0.3 is 89.7 Å². The van der Waals surface area contributed by atoms with E-state index in [0.717, 1.165) is 32.1 Å². The van der Waals surface area contributed by atoms with Gasteiger partial charge in [0.05, 0.1) is 43.2 Å². The maximum Gasteiger partial charge on any atom is 0.187 e. The Kier molecular flexibility index (Phi) is 15.1. The van der Waals surface area contributed by atoms with Crippen LogP contribution in [0.4, 0.5) is 0 Å². The van der Waals surface area contributed by atoms with E-state index in [-0.39, 0.29) is 39.9 Å². The number of rotatable bonds is 13. The molecular weight excluding hydrogens is 852 g/mol. The Morgan fingerprint density at radius 3 is 1.71 bits per heavy atom. The van der Waals surface area contributed by atoms with Gasteiger partial charge in [-0.15, -0.1) is 0 Å². The van der Waals surface area contributed by atoms with Gasteiger partial charge in [-0.3, -0.25) is 0 Å². The molecule has 4 aliphatic carbocycles. The Bertz CT molecular complexity index is 1610. The molecule has 24 unspecified atom stereocenters. The van der Waals surface area contributed by atoms with Gasteiger partial charge >= 0.3 is 0 Å². The van der Waals surface area contributed by atoms with Gasteiger partial charge in [-0.05, 0) is 130 Å². The van der Waals surface area contributed by atoms with E-state index in [9.17, 15) is 61.3 Å². The fourth-order valence-electron chi connectivity index (χ4n) is 14.7. The molecule has 3 heterocycles. The number of hydrogen-bond acceptors (Lipinski definition) is 18. The first-order chi connectivity index (χ1) is 30.2. The molecule has 0 aromatic carbocycles. The fraction of sp³-hybridized carbons (Fsp3) is 1.00. The molecule has 18 nitrogen and oxygen atoms in total. The van der Waals surface area contributed by atoms with Gasteiger partial charge in [-0.1, -0.05) is 34.6 Å². The normalized spacial score (nSPS) is 52.2. The topological polar surface area (TPSA) is 298 Å². The third kappa shape index (κ3) is 9.14. The second-order valence-corrected chi connectivity index (χ2v) is 23.3. The molecule has 65 heavy (non-hydrogen) atoms. The molecule has 24 atom stereocenters. The lowest BCUT2D eigenvalue weighted by molar-refractivity contribution is -0.395. The molecule has 12 N–H and O–H groups in total. The van der Waals surface area contributed by atoms with E-state index >= 15 is 0 Å². The highest BCUT2D eigenvalue weighted by molar-refractivity contribution is 5.20. The molecule has 7 fully saturated rings. The highest BCUT2D eigenvalue weighted by atomic mass is 16.8. The molecule has 0 bridgehead atoms. The number of aliphatic hydroxyl groups is 12. The molecule has 0 aromatic heterocycles. The summed E-state index contributed by atoms with van der Waals surface area (Å²) in [4.78, 5) is 0. The number of fused-ring (bicyclic) bond motifs is 5. The van der Waals surface area contributed by atoms with Gasteiger partial charge in [0.1, 0.15) is 67.1 Å². The summed E-state index contributed by atoms with van der Waals surface area (Å²) in [5.41, 5.74) is -2.93. The summed E-state index contributed by atoms with van der Waals surface area (Å²) in [6.45, 7) is 15.0. The maximum absolute atomic E-state index is 12.3. The first kappa shape index (κ1) is 52.1. The zero-order valence-corrected chi connectivity index (χ0v) is 39.6. The molecule has 0 aromatic rings. The summed E-state index contributed by atoms with van der Waals surface area (Å²) in [5.74, 6) is 0.101. The summed E-state index contributed by atoms with van der Waals surface area (Å²) < 4.78 is 36.4. The zero-order chi connectivity index (χ0) is 48.0. The van der Waals surface area contributed by atoms with Crippen molar-refractivity contribution in [3.8, 4) is 0 Å². The van der Waals surface area contributed by atoms with Crippen molar-refractivity contribution in [3.63, 3.8) is 0 Å². The second-order valence-electron chi connectivity index (χ2n) is 23.3. The molecule has 7 aliphatic rings. The lowest BCUT2D eigenvalue weighted by Crippen LogP contribution is -2.68. The number of aliphatic hydroxyl groups excluding tert-OH is 10. The van der Waals surface area contributed by atoms with Crippen LogP contribution in [0, 0.1) is 45.3 Å². The van der Waals surface area contributed by atoms with Gasteiger partial charge in [-0.2, -0.15) is 0 Å². The standard InChI is InChI=1S/C47H82O18/c1-42(2,58)13-9-14-47(8,59)22-10-16-46(7)30(22)23(50)18-28-44(5)15-12-29(43(3,4)27(44)11-17-45(28,46)6)63-40-37(34(55)32(53)25(19-48)61-40)65-41-38(35(56)33(54)26(20-49)62-41)64-39-36(57)31(52)24(51)21-60-39/h22-41,48-59H,9-21H2,1-8H3. The van der Waals surface area contributed by atoms with Gasteiger partial charge in [0.25, 0.3) is 0 Å². The first-order valence-electron chi connectivity index (χ1n) is 24.2. The van der Waals surface area contributed by atoms with Crippen LogP contribution < -0.4 is 0 Å². The Hall–Kier alpha value is -0.720. The summed E-state index contributed by atoms with van der Waals surface area (Å²) in [5, 5.41) is 131. The SMILES string of the molecule is CC(C)(O)CCCC(C)(O)C1CCC2(C)C1C(O)CC1C3(C)CCC(OC4OC(CO)C(O)C(O)C4OC4OC(CO)C(O)C(O)C4OC4OCC(O)C(O)C4O)C(C)(C)C3CCC12C. The fourth-order valence-corrected chi connectivity index (χ4v) is 14.7. The monoisotopic (exact) mass is 935 g/mol. The minimum atomic E-state index is -1.84. The van der Waals surface area contributed by atoms with Gasteiger partial charge in [0.2, 0.25) is 0 Å². The van der Waals surface area contributed by atoms with Crippen molar-refractivity contribution < 1.29 is 89.7 Å². The molecule has 18 heteroatoms. The van der Waals surface area contributed by atoms with Crippen molar-refractivity contribution in [2.24, 2.45) is 45.3 Å². The second kappa shape index (κ2) is 18.8. The molecule has 0 spiro atoms. The van der Waals surface area contributed by atoms with Crippen LogP contribution >= 0.6 is 0 Å². The van der Waals surface area contributed by atoms with Crippen molar-refractivity contribution in [2.45, 2.75) is 229 Å². The Morgan fingerprint density at radius 2 is 1.14 bits per heavy atom. The predicted molar refractivity (Wildman–Crippen MR) is 229 cm³/mol. The predicted octanol–water partition coefficient (Wildman–Crippen LogP) is -0.193. The van der Waals surface area contributed by atoms with E-state index in [1.54, 1.807) is 13.8 Å². The van der Waals surface area contributed by atoms with Crippen LogP contribution in [-0.4, -0.2) is 191 Å². The van der Waals surface area contributed by atoms with E-state index in [0.29, 0.717) is 32.1 Å². The molecule has 3 aliphatic heterocycles. The van der Waals surface area contributed by atoms with E-state index in [1.807, 2.05) is 6.92 Å². The largest absolute Gasteiger partial charge is 0.394 e. The first-order valence-corrected chi connectivity index (χ1v) is 24.2. The summed E-state index contributed by atoms with van der Waals surface area (Å²) in [6, 6.07) is 0. The average molecular weight is 935 g/mol. The van der Waals surface area contributed by atoms with Crippen LogP contribution in [0.15, 0.2) is 0 Å². The van der Waals surface area contributed by atoms with E-state index in [2.05, 4.69) is 34.6 Å². The van der Waals surface area contributed by atoms with Gasteiger partial charge in [0, 0.05) is 0 Å². The minimum absolute atomic E-state index is 0.0757. The average Bonchev–Trinajstić information content (AvgIpc) is 3.62. The van der Waals surface area contributed by atoms with Gasteiger partial charge in [0.15, 0.2) is 18.9 Å². The van der Waals surface area contributed by atoms with Crippen LogP contribution in [0.1, 0.15) is 120 Å².